The summed E-state index contributed by atoms with van der Waals surface area (Å²) in [5, 5.41) is 15.3. The van der Waals surface area contributed by atoms with E-state index in [1.54, 1.807) is 18.2 Å². The summed E-state index contributed by atoms with van der Waals surface area (Å²) < 4.78 is 0. The molecule has 1 aromatic carbocycles. The number of hydrogen-bond acceptors (Lipinski definition) is 3. The van der Waals surface area contributed by atoms with E-state index < -0.39 is 17.8 Å². The number of rotatable bonds is 6. The minimum Gasteiger partial charge on any atom is -0.481 e. The molecule has 0 aromatic heterocycles. The van der Waals surface area contributed by atoms with Gasteiger partial charge in [-0.25, -0.2) is 0 Å². The molecule has 3 rings (SSSR count). The number of aliphatic carboxylic acids is 1. The maximum absolute atomic E-state index is 12.8. The van der Waals surface area contributed by atoms with Crippen LogP contribution in [0.3, 0.4) is 0 Å². The Balaban J connectivity index is 1.72. The van der Waals surface area contributed by atoms with Gasteiger partial charge in [0.15, 0.2) is 0 Å². The van der Waals surface area contributed by atoms with Gasteiger partial charge >= 0.3 is 5.97 Å². The molecule has 0 unspecified atom stereocenters. The summed E-state index contributed by atoms with van der Waals surface area (Å²) in [5.41, 5.74) is 1.92. The van der Waals surface area contributed by atoms with Crippen LogP contribution in [0.15, 0.2) is 30.4 Å². The van der Waals surface area contributed by atoms with Crippen molar-refractivity contribution in [2.45, 2.75) is 39.7 Å². The van der Waals surface area contributed by atoms with Gasteiger partial charge < -0.3 is 15.7 Å². The summed E-state index contributed by atoms with van der Waals surface area (Å²) in [6, 6.07) is 5.21. The standard InChI is InChI=1S/C21H26N2O4/c1-4-12(3)22-19(24)15-7-8-16(11(2)9-15)23-20(25)17-13-5-6-14(10-13)18(17)21(26)27/h5-9,12-14,17-18H,4,10H2,1-3H3,(H,22,24)(H,23,25)(H,26,27)/t12-,13-,14-,17-,18-/m0/s1. The van der Waals surface area contributed by atoms with Crippen LogP contribution in [-0.2, 0) is 9.59 Å². The summed E-state index contributed by atoms with van der Waals surface area (Å²) in [7, 11) is 0. The Morgan fingerprint density at radius 1 is 1.19 bits per heavy atom. The van der Waals surface area contributed by atoms with E-state index in [-0.39, 0.29) is 29.7 Å². The molecule has 144 valence electrons. The lowest BCUT2D eigenvalue weighted by Gasteiger charge is -2.24. The average molecular weight is 370 g/mol. The maximum atomic E-state index is 12.8. The van der Waals surface area contributed by atoms with Crippen molar-refractivity contribution in [3.63, 3.8) is 0 Å². The molecule has 2 aliphatic rings. The molecule has 0 radical (unpaired) electrons. The van der Waals surface area contributed by atoms with Gasteiger partial charge in [0.2, 0.25) is 5.91 Å². The topological polar surface area (TPSA) is 95.5 Å². The monoisotopic (exact) mass is 370 g/mol. The fourth-order valence-electron chi connectivity index (χ4n) is 4.09. The number of hydrogen-bond donors (Lipinski definition) is 3. The molecule has 1 fully saturated rings. The molecular formula is C21H26N2O4. The Kier molecular flexibility index (Phi) is 5.35. The zero-order valence-corrected chi connectivity index (χ0v) is 15.9. The summed E-state index contributed by atoms with van der Waals surface area (Å²) in [6.07, 6.45) is 5.46. The first-order valence-electron chi connectivity index (χ1n) is 9.45. The molecule has 0 heterocycles. The minimum absolute atomic E-state index is 0.0167. The Hall–Kier alpha value is -2.63. The number of carboxylic acids is 1. The number of aryl methyl sites for hydroxylation is 1. The van der Waals surface area contributed by atoms with Crippen molar-refractivity contribution in [2.24, 2.45) is 23.7 Å². The quantitative estimate of drug-likeness (QED) is 0.671. The fourth-order valence-corrected chi connectivity index (χ4v) is 4.09. The van der Waals surface area contributed by atoms with Gasteiger partial charge in [0, 0.05) is 17.3 Å². The molecule has 6 nitrogen and oxygen atoms in total. The van der Waals surface area contributed by atoms with Gasteiger partial charge in [-0.05, 0) is 62.3 Å². The van der Waals surface area contributed by atoms with Crippen LogP contribution in [0.25, 0.3) is 0 Å². The van der Waals surface area contributed by atoms with Gasteiger partial charge in [-0.1, -0.05) is 19.1 Å². The van der Waals surface area contributed by atoms with Gasteiger partial charge in [0.25, 0.3) is 5.91 Å². The van der Waals surface area contributed by atoms with Gasteiger partial charge in [-0.15, -0.1) is 0 Å². The van der Waals surface area contributed by atoms with E-state index in [1.807, 2.05) is 32.9 Å². The van der Waals surface area contributed by atoms with Crippen LogP contribution in [0.4, 0.5) is 5.69 Å². The third kappa shape index (κ3) is 3.75. The highest BCUT2D eigenvalue weighted by Gasteiger charge is 2.51. The summed E-state index contributed by atoms with van der Waals surface area (Å²) >= 11 is 0. The van der Waals surface area contributed by atoms with Crippen molar-refractivity contribution in [1.82, 2.24) is 5.32 Å². The number of benzene rings is 1. The van der Waals surface area contributed by atoms with E-state index in [0.717, 1.165) is 18.4 Å². The van der Waals surface area contributed by atoms with E-state index in [4.69, 9.17) is 0 Å². The molecule has 1 aromatic rings. The van der Waals surface area contributed by atoms with Crippen LogP contribution in [0, 0.1) is 30.6 Å². The molecule has 0 spiro atoms. The first kappa shape index (κ1) is 19.1. The van der Waals surface area contributed by atoms with Crippen LogP contribution < -0.4 is 10.6 Å². The first-order chi connectivity index (χ1) is 12.8. The lowest BCUT2D eigenvalue weighted by Crippen LogP contribution is -2.36. The molecule has 27 heavy (non-hydrogen) atoms. The molecule has 0 aliphatic heterocycles. The van der Waals surface area contributed by atoms with Gasteiger partial charge in [-0.2, -0.15) is 0 Å². The van der Waals surface area contributed by atoms with Gasteiger partial charge in [0.05, 0.1) is 11.8 Å². The van der Waals surface area contributed by atoms with Gasteiger partial charge in [-0.3, -0.25) is 14.4 Å². The van der Waals surface area contributed by atoms with Crippen molar-refractivity contribution >= 4 is 23.5 Å². The highest BCUT2D eigenvalue weighted by atomic mass is 16.4. The number of nitrogens with one attached hydrogen (secondary N) is 2. The molecule has 2 bridgehead atoms. The molecular weight excluding hydrogens is 344 g/mol. The Morgan fingerprint density at radius 2 is 1.85 bits per heavy atom. The van der Waals surface area contributed by atoms with Crippen LogP contribution in [0.2, 0.25) is 0 Å². The summed E-state index contributed by atoms with van der Waals surface area (Å²) in [6.45, 7) is 5.77. The summed E-state index contributed by atoms with van der Waals surface area (Å²) in [5.74, 6) is -2.62. The second kappa shape index (κ2) is 7.55. The largest absolute Gasteiger partial charge is 0.481 e. The predicted molar refractivity (Wildman–Crippen MR) is 102 cm³/mol. The number of amides is 2. The number of carbonyl (C=O) groups is 3. The lowest BCUT2D eigenvalue weighted by molar-refractivity contribution is -0.146. The van der Waals surface area contributed by atoms with Crippen molar-refractivity contribution in [3.05, 3.63) is 41.5 Å². The SMILES string of the molecule is CC[C@H](C)NC(=O)c1ccc(NC(=O)[C@@H]2[C@@H](C(=O)O)[C@H]3C=C[C@H]2C3)c(C)c1. The van der Waals surface area contributed by atoms with E-state index in [9.17, 15) is 19.5 Å². The lowest BCUT2D eigenvalue weighted by atomic mass is 9.82. The Morgan fingerprint density at radius 3 is 2.44 bits per heavy atom. The fraction of sp³-hybridized carbons (Fsp3) is 0.476. The van der Waals surface area contributed by atoms with Crippen molar-refractivity contribution in [3.8, 4) is 0 Å². The molecule has 2 amide bonds. The maximum Gasteiger partial charge on any atom is 0.307 e. The molecule has 5 atom stereocenters. The van der Waals surface area contributed by atoms with E-state index in [0.29, 0.717) is 11.3 Å². The van der Waals surface area contributed by atoms with E-state index >= 15 is 0 Å². The number of carbonyl (C=O) groups excluding carboxylic acids is 2. The number of anilines is 1. The van der Waals surface area contributed by atoms with Crippen LogP contribution >= 0.6 is 0 Å². The minimum atomic E-state index is -0.916. The predicted octanol–water partition coefficient (Wildman–Crippen LogP) is 2.98. The highest BCUT2D eigenvalue weighted by molar-refractivity contribution is 5.98. The first-order valence-corrected chi connectivity index (χ1v) is 9.45. The highest BCUT2D eigenvalue weighted by Crippen LogP contribution is 2.48. The second-order valence-electron chi connectivity index (χ2n) is 7.64. The van der Waals surface area contributed by atoms with Crippen molar-refractivity contribution < 1.29 is 19.5 Å². The molecule has 0 saturated heterocycles. The molecule has 6 heteroatoms. The van der Waals surface area contributed by atoms with E-state index in [1.165, 1.54) is 0 Å². The van der Waals surface area contributed by atoms with Crippen molar-refractivity contribution in [1.29, 1.82) is 0 Å². The third-order valence-corrected chi connectivity index (χ3v) is 5.78. The second-order valence-corrected chi connectivity index (χ2v) is 7.64. The normalized spacial score (nSPS) is 26.6. The Bertz CT molecular complexity index is 801. The number of fused-ring (bicyclic) bond motifs is 2. The number of allylic oxidation sites excluding steroid dienone is 2. The van der Waals surface area contributed by atoms with Crippen LogP contribution in [0.5, 0.6) is 0 Å². The molecule has 3 N–H and O–H groups in total. The van der Waals surface area contributed by atoms with Crippen LogP contribution in [0.1, 0.15) is 42.6 Å². The smallest absolute Gasteiger partial charge is 0.307 e. The zero-order valence-electron chi connectivity index (χ0n) is 15.9. The van der Waals surface area contributed by atoms with Crippen LogP contribution in [-0.4, -0.2) is 28.9 Å². The number of carboxylic acid groups (broad SMARTS) is 1. The molecule has 1 saturated carbocycles. The van der Waals surface area contributed by atoms with E-state index in [2.05, 4.69) is 10.6 Å². The average Bonchev–Trinajstić information content (AvgIpc) is 3.24. The third-order valence-electron chi connectivity index (χ3n) is 5.78. The zero-order chi connectivity index (χ0) is 19.7. The summed E-state index contributed by atoms with van der Waals surface area (Å²) in [4.78, 5) is 36.6. The van der Waals surface area contributed by atoms with Gasteiger partial charge in [0.1, 0.15) is 0 Å². The Labute approximate surface area is 159 Å². The molecule has 2 aliphatic carbocycles. The van der Waals surface area contributed by atoms with Crippen molar-refractivity contribution in [2.75, 3.05) is 5.32 Å².